The smallest absolute Gasteiger partial charge is 0.434 e. The first kappa shape index (κ1) is 42.0. The molecule has 3 aliphatic heterocycles. The Kier molecular flexibility index (Phi) is 11.4. The van der Waals surface area contributed by atoms with Gasteiger partial charge in [-0.25, -0.2) is 4.79 Å². The molecule has 0 N–H and O–H groups in total. The van der Waals surface area contributed by atoms with Crippen LogP contribution in [0.4, 0.5) is 26.3 Å². The summed E-state index contributed by atoms with van der Waals surface area (Å²) in [6, 6.07) is 0. The van der Waals surface area contributed by atoms with Crippen LogP contribution in [-0.4, -0.2) is 84.4 Å². The SMILES string of the molecule is CCC(C)(C)C(=O)O[C@@H]1C(=O)O[C@@H]2[C@H]3OC4(CCC(C(=O)OC(C(F)(F)F)C(F)(F)F)CC4)O[C@H]3O[C@@H]21.CCC(C)C(=O)OC1(C)C2CC3CC(C2)CC1C3. The van der Waals surface area contributed by atoms with E-state index in [1.807, 2.05) is 6.92 Å². The third kappa shape index (κ3) is 8.22. The summed E-state index contributed by atoms with van der Waals surface area (Å²) < 4.78 is 114. The molecule has 11 nitrogen and oxygen atoms in total. The topological polar surface area (TPSA) is 133 Å². The highest BCUT2D eigenvalue weighted by Crippen LogP contribution is 2.59. The number of rotatable bonds is 8. The van der Waals surface area contributed by atoms with E-state index in [4.69, 9.17) is 28.4 Å². The first-order chi connectivity index (χ1) is 25.5. The summed E-state index contributed by atoms with van der Waals surface area (Å²) in [5.41, 5.74) is -0.988. The van der Waals surface area contributed by atoms with Crippen molar-refractivity contribution >= 4 is 23.9 Å². The van der Waals surface area contributed by atoms with Crippen molar-refractivity contribution < 1.29 is 78.7 Å². The predicted octanol–water partition coefficient (Wildman–Crippen LogP) is 7.11. The van der Waals surface area contributed by atoms with Crippen LogP contribution in [0.25, 0.3) is 0 Å². The Morgan fingerprint density at radius 1 is 0.855 bits per heavy atom. The van der Waals surface area contributed by atoms with Gasteiger partial charge in [-0.2, -0.15) is 26.3 Å². The summed E-state index contributed by atoms with van der Waals surface area (Å²) in [4.78, 5) is 49.0. The first-order valence-corrected chi connectivity index (χ1v) is 19.5. The van der Waals surface area contributed by atoms with E-state index >= 15 is 0 Å². The molecule has 8 aliphatic rings. The lowest BCUT2D eigenvalue weighted by atomic mass is 9.50. The molecule has 0 aromatic rings. The summed E-state index contributed by atoms with van der Waals surface area (Å²) in [5.74, 6) is -2.37. The molecule has 55 heavy (non-hydrogen) atoms. The number of alkyl halides is 6. The fourth-order valence-corrected chi connectivity index (χ4v) is 9.44. The van der Waals surface area contributed by atoms with Crippen LogP contribution in [-0.2, 0) is 52.3 Å². The third-order valence-electron chi connectivity index (χ3n) is 13.3. The molecule has 0 amide bonds. The van der Waals surface area contributed by atoms with Gasteiger partial charge in [-0.1, -0.05) is 20.8 Å². The maximum Gasteiger partial charge on any atom is 0.434 e. The molecule has 312 valence electrons. The molecule has 8 rings (SSSR count). The summed E-state index contributed by atoms with van der Waals surface area (Å²) in [6.07, 6.45) is -13.4. The Hall–Kier alpha value is -2.66. The lowest BCUT2D eigenvalue weighted by molar-refractivity contribution is -0.315. The number of hydrogen-bond acceptors (Lipinski definition) is 11. The van der Waals surface area contributed by atoms with E-state index in [9.17, 15) is 45.5 Å². The average Bonchev–Trinajstić information content (AvgIpc) is 3.71. The number of hydrogen-bond donors (Lipinski definition) is 0. The average molecular weight is 799 g/mol. The van der Waals surface area contributed by atoms with Gasteiger partial charge in [0.05, 0.1) is 17.3 Å². The summed E-state index contributed by atoms with van der Waals surface area (Å²) >= 11 is 0. The number of halogens is 6. The Bertz CT molecular complexity index is 1430. The standard InChI is InChI=1S/C22H26F6O9.C16H26O2/c1-4-19(2,3)18(31)34-12-10-11(32-15(12)30)13-16(33-10)37-20(36-13)7-5-9(6-8-20)14(29)35-17(21(23,24)25)22(26,27)28;1-4-10(2)15(17)18-16(3)13-6-11-5-12(8-13)9-14(16)7-11/h9-13,16-17H,4-8H2,1-3H3;10-14H,4-9H2,1-3H3/t9?,10-,11-,12-,13+,16+,20?;/m0./s1. The number of carbonyl (C=O) groups excluding carboxylic acids is 4. The van der Waals surface area contributed by atoms with Gasteiger partial charge in [0, 0.05) is 12.8 Å². The van der Waals surface area contributed by atoms with Gasteiger partial charge in [0.2, 0.25) is 6.10 Å². The van der Waals surface area contributed by atoms with E-state index in [1.54, 1.807) is 20.8 Å². The van der Waals surface area contributed by atoms with Crippen molar-refractivity contribution in [1.29, 1.82) is 0 Å². The van der Waals surface area contributed by atoms with Gasteiger partial charge in [0.25, 0.3) is 6.10 Å². The third-order valence-corrected chi connectivity index (χ3v) is 13.3. The molecule has 0 aromatic heterocycles. The molecule has 3 heterocycles. The molecule has 1 unspecified atom stereocenters. The molecule has 0 radical (unpaired) electrons. The van der Waals surface area contributed by atoms with E-state index in [2.05, 4.69) is 18.6 Å². The van der Waals surface area contributed by atoms with Crippen LogP contribution in [0.3, 0.4) is 0 Å². The molecule has 5 saturated carbocycles. The molecular formula is C38H52F6O11. The summed E-state index contributed by atoms with van der Waals surface area (Å²) in [6.45, 7) is 11.4. The van der Waals surface area contributed by atoms with Crippen LogP contribution >= 0.6 is 0 Å². The van der Waals surface area contributed by atoms with Crippen molar-refractivity contribution in [1.82, 2.24) is 0 Å². The second-order valence-corrected chi connectivity index (χ2v) is 17.4. The minimum Gasteiger partial charge on any atom is -0.459 e. The van der Waals surface area contributed by atoms with Crippen LogP contribution in [0, 0.1) is 40.9 Å². The Labute approximate surface area is 316 Å². The zero-order chi connectivity index (χ0) is 40.5. The van der Waals surface area contributed by atoms with E-state index in [0.717, 1.165) is 18.3 Å². The minimum absolute atomic E-state index is 0.0347. The molecule has 0 aromatic carbocycles. The fraction of sp³-hybridized carbons (Fsp3) is 0.895. The molecule has 3 saturated heterocycles. The maximum absolute atomic E-state index is 12.7. The molecule has 6 atom stereocenters. The highest BCUT2D eigenvalue weighted by atomic mass is 19.4. The van der Waals surface area contributed by atoms with E-state index < -0.39 is 84.2 Å². The van der Waals surface area contributed by atoms with Gasteiger partial charge in [0.1, 0.15) is 11.7 Å². The van der Waals surface area contributed by atoms with Gasteiger partial charge < -0.3 is 33.2 Å². The number of esters is 4. The van der Waals surface area contributed by atoms with Crippen LogP contribution in [0.1, 0.15) is 112 Å². The van der Waals surface area contributed by atoms with Crippen molar-refractivity contribution in [3.63, 3.8) is 0 Å². The van der Waals surface area contributed by atoms with Gasteiger partial charge >= 0.3 is 36.2 Å². The molecular weight excluding hydrogens is 746 g/mol. The van der Waals surface area contributed by atoms with E-state index in [1.165, 1.54) is 32.1 Å². The molecule has 1 spiro atoms. The zero-order valence-electron chi connectivity index (χ0n) is 32.0. The van der Waals surface area contributed by atoms with Gasteiger partial charge in [-0.15, -0.1) is 0 Å². The largest absolute Gasteiger partial charge is 0.459 e. The first-order valence-electron chi connectivity index (χ1n) is 19.5. The van der Waals surface area contributed by atoms with Crippen LogP contribution in [0.5, 0.6) is 0 Å². The molecule has 4 bridgehead atoms. The number of ether oxygens (including phenoxy) is 7. The summed E-state index contributed by atoms with van der Waals surface area (Å²) in [5, 5.41) is 0. The van der Waals surface area contributed by atoms with Gasteiger partial charge in [-0.3, -0.25) is 14.4 Å². The zero-order valence-corrected chi connectivity index (χ0v) is 32.0. The fourth-order valence-electron chi connectivity index (χ4n) is 9.44. The lowest BCUT2D eigenvalue weighted by Crippen LogP contribution is -2.58. The van der Waals surface area contributed by atoms with Gasteiger partial charge in [-0.05, 0) is 102 Å². The van der Waals surface area contributed by atoms with Crippen molar-refractivity contribution in [3.05, 3.63) is 0 Å². The normalized spacial score (nSPS) is 39.5. The van der Waals surface area contributed by atoms with Crippen molar-refractivity contribution in [2.45, 2.75) is 173 Å². The number of carbonyl (C=O) groups is 4. The highest BCUT2D eigenvalue weighted by molar-refractivity contribution is 5.84. The van der Waals surface area contributed by atoms with Crippen molar-refractivity contribution in [2.24, 2.45) is 40.9 Å². The van der Waals surface area contributed by atoms with Crippen molar-refractivity contribution in [3.8, 4) is 0 Å². The Balaban J connectivity index is 0.000000237. The molecule has 8 fully saturated rings. The predicted molar refractivity (Wildman–Crippen MR) is 176 cm³/mol. The summed E-state index contributed by atoms with van der Waals surface area (Å²) in [7, 11) is 0. The van der Waals surface area contributed by atoms with Gasteiger partial charge in [0.15, 0.2) is 24.3 Å². The Morgan fingerprint density at radius 3 is 1.93 bits per heavy atom. The molecule has 5 aliphatic carbocycles. The quantitative estimate of drug-likeness (QED) is 0.141. The van der Waals surface area contributed by atoms with Crippen LogP contribution in [0.2, 0.25) is 0 Å². The monoisotopic (exact) mass is 798 g/mol. The highest BCUT2D eigenvalue weighted by Gasteiger charge is 2.67. The van der Waals surface area contributed by atoms with E-state index in [-0.39, 0.29) is 43.2 Å². The number of fused-ring (bicyclic) bond motifs is 3. The maximum atomic E-state index is 12.7. The van der Waals surface area contributed by atoms with Crippen LogP contribution < -0.4 is 0 Å². The Morgan fingerprint density at radius 2 is 1.42 bits per heavy atom. The lowest BCUT2D eigenvalue weighted by Gasteiger charge is -2.59. The second kappa shape index (κ2) is 14.9. The van der Waals surface area contributed by atoms with Crippen LogP contribution in [0.15, 0.2) is 0 Å². The minimum atomic E-state index is -5.80. The van der Waals surface area contributed by atoms with E-state index in [0.29, 0.717) is 18.3 Å². The van der Waals surface area contributed by atoms with Crippen molar-refractivity contribution in [2.75, 3.05) is 0 Å². The second-order valence-electron chi connectivity index (χ2n) is 17.4. The molecule has 17 heteroatoms.